The lowest BCUT2D eigenvalue weighted by molar-refractivity contribution is -0.119. The number of nitrogens with zero attached hydrogens (tertiary/aromatic N) is 1. The van der Waals surface area contributed by atoms with E-state index in [-0.39, 0.29) is 17.2 Å². The standard InChI is InChI=1S/C15H18N2O3S/c1-4-15(5-2,6-3)17-12(18)10-21-13-8-7-11(9-16-13)14(19)20/h1,7-9H,5-6,10H2,2-3H3,(H,17,18)(H,19,20). The molecule has 0 saturated carbocycles. The Labute approximate surface area is 128 Å². The summed E-state index contributed by atoms with van der Waals surface area (Å²) in [5.41, 5.74) is -0.481. The fourth-order valence-corrected chi connectivity index (χ4v) is 2.34. The zero-order chi connectivity index (χ0) is 15.9. The average Bonchev–Trinajstić information content (AvgIpc) is 2.51. The molecule has 112 valence electrons. The highest BCUT2D eigenvalue weighted by Crippen LogP contribution is 2.17. The number of thioether (sulfide) groups is 1. The molecule has 21 heavy (non-hydrogen) atoms. The van der Waals surface area contributed by atoms with Gasteiger partial charge in [-0.3, -0.25) is 4.79 Å². The lowest BCUT2D eigenvalue weighted by Gasteiger charge is -2.26. The molecule has 0 unspecified atom stereocenters. The van der Waals surface area contributed by atoms with E-state index < -0.39 is 11.5 Å². The number of carboxylic acids is 1. The van der Waals surface area contributed by atoms with Crippen LogP contribution in [-0.2, 0) is 4.79 Å². The molecule has 1 rings (SSSR count). The first-order chi connectivity index (χ1) is 9.96. The molecular weight excluding hydrogens is 288 g/mol. The Kier molecular flexibility index (Phi) is 6.25. The van der Waals surface area contributed by atoms with E-state index in [9.17, 15) is 9.59 Å². The van der Waals surface area contributed by atoms with E-state index >= 15 is 0 Å². The number of hydrogen-bond acceptors (Lipinski definition) is 4. The van der Waals surface area contributed by atoms with Crippen molar-refractivity contribution >= 4 is 23.6 Å². The summed E-state index contributed by atoms with van der Waals surface area (Å²) in [7, 11) is 0. The minimum absolute atomic E-state index is 0.118. The van der Waals surface area contributed by atoms with Gasteiger partial charge in [-0.1, -0.05) is 31.5 Å². The summed E-state index contributed by atoms with van der Waals surface area (Å²) in [5, 5.41) is 12.2. The predicted octanol–water partition coefficient (Wildman–Crippen LogP) is 2.18. The Hall–Kier alpha value is -2.00. The van der Waals surface area contributed by atoms with Gasteiger partial charge in [-0.15, -0.1) is 6.42 Å². The second kappa shape index (κ2) is 7.70. The number of hydrogen-bond donors (Lipinski definition) is 2. The van der Waals surface area contributed by atoms with Crippen LogP contribution in [0.4, 0.5) is 0 Å². The third-order valence-electron chi connectivity index (χ3n) is 3.20. The lowest BCUT2D eigenvalue weighted by atomic mass is 9.94. The average molecular weight is 306 g/mol. The molecule has 1 aromatic heterocycles. The van der Waals surface area contributed by atoms with Crippen LogP contribution in [0.2, 0.25) is 0 Å². The van der Waals surface area contributed by atoms with E-state index in [1.165, 1.54) is 24.0 Å². The number of carboxylic acid groups (broad SMARTS) is 1. The van der Waals surface area contributed by atoms with Crippen molar-refractivity contribution < 1.29 is 14.7 Å². The van der Waals surface area contributed by atoms with Crippen molar-refractivity contribution in [3.63, 3.8) is 0 Å². The van der Waals surface area contributed by atoms with Gasteiger partial charge in [0.25, 0.3) is 0 Å². The fraction of sp³-hybridized carbons (Fsp3) is 0.400. The molecule has 0 fully saturated rings. The zero-order valence-electron chi connectivity index (χ0n) is 12.0. The highest BCUT2D eigenvalue weighted by atomic mass is 32.2. The maximum Gasteiger partial charge on any atom is 0.337 e. The molecule has 1 aromatic rings. The van der Waals surface area contributed by atoms with Crippen molar-refractivity contribution in [1.29, 1.82) is 0 Å². The molecule has 0 aliphatic heterocycles. The summed E-state index contributed by atoms with van der Waals surface area (Å²) in [5.74, 6) is 1.64. The first-order valence-corrected chi connectivity index (χ1v) is 7.55. The van der Waals surface area contributed by atoms with Gasteiger partial charge in [-0.25, -0.2) is 9.78 Å². The molecule has 0 aliphatic carbocycles. The van der Waals surface area contributed by atoms with Gasteiger partial charge in [0.2, 0.25) is 5.91 Å². The molecular formula is C15H18N2O3S. The van der Waals surface area contributed by atoms with Crippen molar-refractivity contribution in [3.05, 3.63) is 23.9 Å². The van der Waals surface area contributed by atoms with Gasteiger partial charge in [-0.05, 0) is 25.0 Å². The largest absolute Gasteiger partial charge is 0.478 e. The summed E-state index contributed by atoms with van der Waals surface area (Å²) < 4.78 is 0. The van der Waals surface area contributed by atoms with Gasteiger partial charge in [0.05, 0.1) is 16.3 Å². The Balaban J connectivity index is 2.57. The molecule has 0 aromatic carbocycles. The van der Waals surface area contributed by atoms with Crippen LogP contribution in [0.15, 0.2) is 23.4 Å². The van der Waals surface area contributed by atoms with E-state index in [0.29, 0.717) is 17.9 Å². The first-order valence-electron chi connectivity index (χ1n) is 6.57. The number of aromatic carboxylic acids is 1. The Bertz CT molecular complexity index is 545. The normalized spacial score (nSPS) is 10.7. The van der Waals surface area contributed by atoms with Gasteiger partial charge in [0.15, 0.2) is 0 Å². The number of amides is 1. The van der Waals surface area contributed by atoms with Crippen molar-refractivity contribution in [2.45, 2.75) is 37.3 Å². The zero-order valence-corrected chi connectivity index (χ0v) is 12.9. The summed E-state index contributed by atoms with van der Waals surface area (Å²) in [4.78, 5) is 26.6. The van der Waals surface area contributed by atoms with Crippen LogP contribution in [0.3, 0.4) is 0 Å². The molecule has 0 spiro atoms. The molecule has 0 aliphatic rings. The quantitative estimate of drug-likeness (QED) is 0.596. The smallest absolute Gasteiger partial charge is 0.337 e. The Morgan fingerprint density at radius 3 is 2.52 bits per heavy atom. The van der Waals surface area contributed by atoms with Crippen LogP contribution < -0.4 is 5.32 Å². The van der Waals surface area contributed by atoms with Crippen molar-refractivity contribution in [2.75, 3.05) is 5.75 Å². The number of pyridine rings is 1. The van der Waals surface area contributed by atoms with Gasteiger partial charge < -0.3 is 10.4 Å². The van der Waals surface area contributed by atoms with E-state index in [4.69, 9.17) is 11.5 Å². The minimum Gasteiger partial charge on any atom is -0.478 e. The third kappa shape index (κ3) is 4.80. The Morgan fingerprint density at radius 1 is 1.43 bits per heavy atom. The molecule has 1 heterocycles. The van der Waals surface area contributed by atoms with Gasteiger partial charge in [0, 0.05) is 6.20 Å². The monoisotopic (exact) mass is 306 g/mol. The van der Waals surface area contributed by atoms with Crippen molar-refractivity contribution in [2.24, 2.45) is 0 Å². The number of carbonyl (C=O) groups excluding carboxylic acids is 1. The topological polar surface area (TPSA) is 79.3 Å². The number of aromatic nitrogens is 1. The number of nitrogens with one attached hydrogen (secondary N) is 1. The third-order valence-corrected chi connectivity index (χ3v) is 4.14. The molecule has 5 nitrogen and oxygen atoms in total. The highest BCUT2D eigenvalue weighted by Gasteiger charge is 2.25. The molecule has 2 N–H and O–H groups in total. The van der Waals surface area contributed by atoms with E-state index in [1.807, 2.05) is 13.8 Å². The molecule has 0 bridgehead atoms. The molecule has 6 heteroatoms. The molecule has 0 atom stereocenters. The summed E-state index contributed by atoms with van der Waals surface area (Å²) in [6, 6.07) is 3.04. The second-order valence-electron chi connectivity index (χ2n) is 4.46. The van der Waals surface area contributed by atoms with Gasteiger partial charge in [-0.2, -0.15) is 0 Å². The highest BCUT2D eigenvalue weighted by molar-refractivity contribution is 7.99. The molecule has 0 saturated heterocycles. The minimum atomic E-state index is -1.03. The van der Waals surface area contributed by atoms with Crippen molar-refractivity contribution in [3.8, 4) is 12.3 Å². The van der Waals surface area contributed by atoms with Gasteiger partial charge in [0.1, 0.15) is 5.54 Å². The number of rotatable bonds is 7. The van der Waals surface area contributed by atoms with Crippen LogP contribution in [0, 0.1) is 12.3 Å². The van der Waals surface area contributed by atoms with Crippen LogP contribution in [0.5, 0.6) is 0 Å². The lowest BCUT2D eigenvalue weighted by Crippen LogP contribution is -2.47. The summed E-state index contributed by atoms with van der Waals surface area (Å²) in [6.45, 7) is 3.87. The second-order valence-corrected chi connectivity index (χ2v) is 5.46. The fourth-order valence-electron chi connectivity index (χ4n) is 1.70. The molecule has 1 amide bonds. The van der Waals surface area contributed by atoms with E-state index in [0.717, 1.165) is 0 Å². The van der Waals surface area contributed by atoms with Gasteiger partial charge >= 0.3 is 5.97 Å². The van der Waals surface area contributed by atoms with E-state index in [2.05, 4.69) is 16.2 Å². The first kappa shape index (κ1) is 17.1. The van der Waals surface area contributed by atoms with Crippen molar-refractivity contribution in [1.82, 2.24) is 10.3 Å². The number of terminal acetylenes is 1. The summed E-state index contributed by atoms with van der Waals surface area (Å²) in [6.07, 6.45) is 8.10. The Morgan fingerprint density at radius 2 is 2.10 bits per heavy atom. The van der Waals surface area contributed by atoms with Crippen LogP contribution in [0.25, 0.3) is 0 Å². The maximum atomic E-state index is 11.9. The molecule has 0 radical (unpaired) electrons. The summed E-state index contributed by atoms with van der Waals surface area (Å²) >= 11 is 1.24. The SMILES string of the molecule is C#CC(CC)(CC)NC(=O)CSc1ccc(C(=O)O)cn1. The van der Waals surface area contributed by atoms with E-state index in [1.54, 1.807) is 6.07 Å². The van der Waals surface area contributed by atoms with Crippen LogP contribution in [-0.4, -0.2) is 33.3 Å². The predicted molar refractivity (Wildman–Crippen MR) is 82.2 cm³/mol. The van der Waals surface area contributed by atoms with Crippen LogP contribution >= 0.6 is 11.8 Å². The maximum absolute atomic E-state index is 11.9. The number of carbonyl (C=O) groups is 2. The van der Waals surface area contributed by atoms with Crippen LogP contribution in [0.1, 0.15) is 37.0 Å².